The quantitative estimate of drug-likeness (QED) is 0.545. The van der Waals surface area contributed by atoms with Gasteiger partial charge in [-0.2, -0.15) is 0 Å². The predicted octanol–water partition coefficient (Wildman–Crippen LogP) is 1.76. The SMILES string of the molecule is CCCCNC(C)CCNCC. The lowest BCUT2D eigenvalue weighted by atomic mass is 10.2. The van der Waals surface area contributed by atoms with E-state index in [1.165, 1.54) is 25.8 Å². The third-order valence-corrected chi connectivity index (χ3v) is 2.03. The average Bonchev–Trinajstić information content (AvgIpc) is 2.06. The summed E-state index contributed by atoms with van der Waals surface area (Å²) in [6.45, 7) is 10.0. The van der Waals surface area contributed by atoms with E-state index < -0.39 is 0 Å². The fraction of sp³-hybridized carbons (Fsp3) is 1.00. The zero-order valence-electron chi connectivity index (χ0n) is 8.82. The highest BCUT2D eigenvalue weighted by Gasteiger charge is 1.98. The molecular weight excluding hydrogens is 148 g/mol. The van der Waals surface area contributed by atoms with Crippen molar-refractivity contribution in [2.75, 3.05) is 19.6 Å². The highest BCUT2D eigenvalue weighted by atomic mass is 14.9. The third-order valence-electron chi connectivity index (χ3n) is 2.03. The van der Waals surface area contributed by atoms with Gasteiger partial charge in [-0.3, -0.25) is 0 Å². The molecule has 0 radical (unpaired) electrons. The Morgan fingerprint density at radius 3 is 2.50 bits per heavy atom. The minimum absolute atomic E-state index is 0.663. The molecule has 0 aromatic carbocycles. The van der Waals surface area contributed by atoms with Crippen LogP contribution in [0.2, 0.25) is 0 Å². The summed E-state index contributed by atoms with van der Waals surface area (Å²) in [7, 11) is 0. The van der Waals surface area contributed by atoms with E-state index in [-0.39, 0.29) is 0 Å². The first-order valence-corrected chi connectivity index (χ1v) is 5.25. The fourth-order valence-electron chi connectivity index (χ4n) is 1.12. The van der Waals surface area contributed by atoms with E-state index in [1.54, 1.807) is 0 Å². The Kier molecular flexibility index (Phi) is 8.95. The maximum atomic E-state index is 3.50. The average molecular weight is 172 g/mol. The molecule has 0 aromatic rings. The normalized spacial score (nSPS) is 13.2. The van der Waals surface area contributed by atoms with Gasteiger partial charge in [-0.05, 0) is 39.4 Å². The monoisotopic (exact) mass is 172 g/mol. The summed E-state index contributed by atoms with van der Waals surface area (Å²) in [6, 6.07) is 0.663. The highest BCUT2D eigenvalue weighted by Crippen LogP contribution is 1.90. The summed E-state index contributed by atoms with van der Waals surface area (Å²) in [5, 5.41) is 6.83. The first kappa shape index (κ1) is 11.9. The van der Waals surface area contributed by atoms with E-state index >= 15 is 0 Å². The van der Waals surface area contributed by atoms with Gasteiger partial charge in [0.2, 0.25) is 0 Å². The molecule has 0 bridgehead atoms. The Morgan fingerprint density at radius 1 is 1.17 bits per heavy atom. The molecule has 0 aliphatic carbocycles. The minimum atomic E-state index is 0.663. The van der Waals surface area contributed by atoms with Crippen LogP contribution in [0.5, 0.6) is 0 Å². The zero-order valence-corrected chi connectivity index (χ0v) is 8.82. The molecule has 12 heavy (non-hydrogen) atoms. The number of nitrogens with one attached hydrogen (secondary N) is 2. The lowest BCUT2D eigenvalue weighted by Gasteiger charge is -2.13. The van der Waals surface area contributed by atoms with Crippen molar-refractivity contribution in [3.05, 3.63) is 0 Å². The van der Waals surface area contributed by atoms with Crippen LogP contribution in [-0.4, -0.2) is 25.7 Å². The van der Waals surface area contributed by atoms with Crippen LogP contribution in [0, 0.1) is 0 Å². The second-order valence-electron chi connectivity index (χ2n) is 3.35. The van der Waals surface area contributed by atoms with Gasteiger partial charge in [0.05, 0.1) is 0 Å². The summed E-state index contributed by atoms with van der Waals surface area (Å²) >= 11 is 0. The fourth-order valence-corrected chi connectivity index (χ4v) is 1.12. The molecule has 0 aromatic heterocycles. The van der Waals surface area contributed by atoms with Crippen molar-refractivity contribution >= 4 is 0 Å². The van der Waals surface area contributed by atoms with E-state index in [4.69, 9.17) is 0 Å². The summed E-state index contributed by atoms with van der Waals surface area (Å²) in [4.78, 5) is 0. The van der Waals surface area contributed by atoms with Gasteiger partial charge in [-0.25, -0.2) is 0 Å². The summed E-state index contributed by atoms with van der Waals surface area (Å²) < 4.78 is 0. The lowest BCUT2D eigenvalue weighted by Crippen LogP contribution is -2.30. The third kappa shape index (κ3) is 8.02. The molecule has 0 saturated carbocycles. The van der Waals surface area contributed by atoms with E-state index in [9.17, 15) is 0 Å². The molecule has 0 spiro atoms. The maximum absolute atomic E-state index is 3.50. The first-order valence-electron chi connectivity index (χ1n) is 5.25. The van der Waals surface area contributed by atoms with Gasteiger partial charge in [0.15, 0.2) is 0 Å². The van der Waals surface area contributed by atoms with E-state index in [0.717, 1.165) is 13.1 Å². The summed E-state index contributed by atoms with van der Waals surface area (Å²) in [6.07, 6.45) is 3.82. The van der Waals surface area contributed by atoms with Gasteiger partial charge in [0, 0.05) is 6.04 Å². The van der Waals surface area contributed by atoms with E-state index in [1.807, 2.05) is 0 Å². The van der Waals surface area contributed by atoms with E-state index in [2.05, 4.69) is 31.4 Å². The predicted molar refractivity (Wildman–Crippen MR) is 55.5 cm³/mol. The van der Waals surface area contributed by atoms with Crippen LogP contribution in [0.1, 0.15) is 40.0 Å². The largest absolute Gasteiger partial charge is 0.317 e. The Hall–Kier alpha value is -0.0800. The molecule has 2 N–H and O–H groups in total. The molecule has 74 valence electrons. The smallest absolute Gasteiger partial charge is 0.00508 e. The van der Waals surface area contributed by atoms with E-state index in [0.29, 0.717) is 6.04 Å². The van der Waals surface area contributed by atoms with Gasteiger partial charge >= 0.3 is 0 Å². The van der Waals surface area contributed by atoms with Crippen molar-refractivity contribution in [1.82, 2.24) is 10.6 Å². The molecular formula is C10H24N2. The van der Waals surface area contributed by atoms with Crippen molar-refractivity contribution in [3.63, 3.8) is 0 Å². The molecule has 2 heteroatoms. The standard InChI is InChI=1S/C10H24N2/c1-4-6-8-12-10(3)7-9-11-5-2/h10-12H,4-9H2,1-3H3. The second kappa shape index (κ2) is 9.01. The molecule has 0 saturated heterocycles. The Bertz CT molecular complexity index is 73.9. The minimum Gasteiger partial charge on any atom is -0.317 e. The van der Waals surface area contributed by atoms with Crippen molar-refractivity contribution in [3.8, 4) is 0 Å². The molecule has 0 aliphatic rings. The van der Waals surface area contributed by atoms with Crippen LogP contribution in [-0.2, 0) is 0 Å². The van der Waals surface area contributed by atoms with Crippen LogP contribution < -0.4 is 10.6 Å². The first-order chi connectivity index (χ1) is 5.81. The molecule has 0 fully saturated rings. The van der Waals surface area contributed by atoms with Crippen molar-refractivity contribution in [2.45, 2.75) is 46.1 Å². The molecule has 2 nitrogen and oxygen atoms in total. The van der Waals surface area contributed by atoms with Crippen LogP contribution >= 0.6 is 0 Å². The summed E-state index contributed by atoms with van der Waals surface area (Å²) in [5.41, 5.74) is 0. The molecule has 0 heterocycles. The van der Waals surface area contributed by atoms with Gasteiger partial charge in [0.1, 0.15) is 0 Å². The Labute approximate surface area is 77.1 Å². The second-order valence-corrected chi connectivity index (χ2v) is 3.35. The number of hydrogen-bond donors (Lipinski definition) is 2. The molecule has 1 unspecified atom stereocenters. The highest BCUT2D eigenvalue weighted by molar-refractivity contribution is 4.61. The number of rotatable bonds is 8. The van der Waals surface area contributed by atoms with Crippen molar-refractivity contribution in [1.29, 1.82) is 0 Å². The van der Waals surface area contributed by atoms with Crippen LogP contribution in [0.25, 0.3) is 0 Å². The van der Waals surface area contributed by atoms with Crippen molar-refractivity contribution < 1.29 is 0 Å². The van der Waals surface area contributed by atoms with Gasteiger partial charge in [-0.15, -0.1) is 0 Å². The maximum Gasteiger partial charge on any atom is 0.00508 e. The molecule has 0 amide bonds. The Morgan fingerprint density at radius 2 is 1.92 bits per heavy atom. The number of unbranched alkanes of at least 4 members (excludes halogenated alkanes) is 1. The van der Waals surface area contributed by atoms with Crippen LogP contribution in [0.15, 0.2) is 0 Å². The topological polar surface area (TPSA) is 24.1 Å². The summed E-state index contributed by atoms with van der Waals surface area (Å²) in [5.74, 6) is 0. The molecule has 1 atom stereocenters. The van der Waals surface area contributed by atoms with Gasteiger partial charge < -0.3 is 10.6 Å². The van der Waals surface area contributed by atoms with Crippen LogP contribution in [0.3, 0.4) is 0 Å². The number of hydrogen-bond acceptors (Lipinski definition) is 2. The van der Waals surface area contributed by atoms with Crippen LogP contribution in [0.4, 0.5) is 0 Å². The lowest BCUT2D eigenvalue weighted by molar-refractivity contribution is 0.489. The zero-order chi connectivity index (χ0) is 9.23. The Balaban J connectivity index is 3.04. The van der Waals surface area contributed by atoms with Gasteiger partial charge in [-0.1, -0.05) is 20.3 Å². The van der Waals surface area contributed by atoms with Gasteiger partial charge in [0.25, 0.3) is 0 Å². The molecule has 0 rings (SSSR count). The molecule has 0 aliphatic heterocycles. The van der Waals surface area contributed by atoms with Crippen molar-refractivity contribution in [2.24, 2.45) is 0 Å².